The van der Waals surface area contributed by atoms with Gasteiger partial charge in [0.15, 0.2) is 5.82 Å². The molecule has 0 bridgehead atoms. The lowest BCUT2D eigenvalue weighted by atomic mass is 10.00. The van der Waals surface area contributed by atoms with Crippen LogP contribution in [0.5, 0.6) is 0 Å². The average molecular weight is 390 g/mol. The Morgan fingerprint density at radius 2 is 1.93 bits per heavy atom. The first-order chi connectivity index (χ1) is 14.1. The molecule has 4 heterocycles. The first-order valence-electron chi connectivity index (χ1n) is 9.77. The van der Waals surface area contributed by atoms with E-state index in [1.165, 1.54) is 6.20 Å². The van der Waals surface area contributed by atoms with Crippen molar-refractivity contribution in [2.75, 3.05) is 42.9 Å². The molecule has 1 saturated heterocycles. The van der Waals surface area contributed by atoms with E-state index >= 15 is 0 Å². The van der Waals surface area contributed by atoms with Gasteiger partial charge in [0, 0.05) is 39.6 Å². The van der Waals surface area contributed by atoms with Crippen LogP contribution in [0.25, 0.3) is 11.2 Å². The summed E-state index contributed by atoms with van der Waals surface area (Å²) in [6, 6.07) is 9.94. The van der Waals surface area contributed by atoms with Crippen LogP contribution in [0.1, 0.15) is 18.2 Å². The van der Waals surface area contributed by atoms with Crippen molar-refractivity contribution in [1.29, 1.82) is 0 Å². The minimum Gasteiger partial charge on any atom is -0.618 e. The second kappa shape index (κ2) is 6.80. The quantitative estimate of drug-likeness (QED) is 0.530. The van der Waals surface area contributed by atoms with Crippen LogP contribution in [0.2, 0.25) is 0 Å². The number of fused-ring (bicyclic) bond motifs is 3. The van der Waals surface area contributed by atoms with Gasteiger partial charge in [-0.05, 0) is 5.56 Å². The molecule has 8 heteroatoms. The van der Waals surface area contributed by atoms with Gasteiger partial charge in [0.2, 0.25) is 17.8 Å². The minimum atomic E-state index is 0.102. The normalized spacial score (nSPS) is 16.4. The summed E-state index contributed by atoms with van der Waals surface area (Å²) < 4.78 is 2.85. The zero-order valence-electron chi connectivity index (χ0n) is 16.2. The standard InChI is InChI=1S/C21H22N6O2/c1-15(28)24-9-11-25(12-10-24)18-13-26-19(23-18)14-27(29)20-17(7-8-22-21(20)26)16-5-3-2-4-6-16/h2-7,13-14,22H,8-12H2,1H3. The minimum absolute atomic E-state index is 0.102. The molecule has 148 valence electrons. The summed E-state index contributed by atoms with van der Waals surface area (Å²) in [5, 5.41) is 16.2. The number of piperazine rings is 1. The van der Waals surface area contributed by atoms with Gasteiger partial charge in [0.25, 0.3) is 5.69 Å². The van der Waals surface area contributed by atoms with E-state index in [0.29, 0.717) is 31.0 Å². The molecule has 2 aromatic heterocycles. The lowest BCUT2D eigenvalue weighted by Crippen LogP contribution is -2.48. The third-order valence-corrected chi connectivity index (χ3v) is 5.60. The molecule has 5 rings (SSSR count). The molecule has 29 heavy (non-hydrogen) atoms. The Bertz CT molecular complexity index is 1110. The molecule has 3 aromatic rings. The van der Waals surface area contributed by atoms with Crippen molar-refractivity contribution in [3.63, 3.8) is 0 Å². The lowest BCUT2D eigenvalue weighted by molar-refractivity contribution is -0.606. The van der Waals surface area contributed by atoms with Crippen molar-refractivity contribution in [1.82, 2.24) is 14.3 Å². The van der Waals surface area contributed by atoms with Crippen LogP contribution in [0.3, 0.4) is 0 Å². The largest absolute Gasteiger partial charge is 0.618 e. The maximum atomic E-state index is 12.9. The van der Waals surface area contributed by atoms with Gasteiger partial charge < -0.3 is 20.3 Å². The van der Waals surface area contributed by atoms with E-state index in [9.17, 15) is 10.0 Å². The Hall–Kier alpha value is -3.55. The number of rotatable bonds is 2. The van der Waals surface area contributed by atoms with Gasteiger partial charge in [0.05, 0.1) is 11.8 Å². The SMILES string of the molecule is CC(=O)N1CCN(c2cn3c4c([n+]([O-])cc3n2)C(c2ccccc2)=CCN4)CC1. The van der Waals surface area contributed by atoms with Crippen LogP contribution in [-0.4, -0.2) is 52.9 Å². The summed E-state index contributed by atoms with van der Waals surface area (Å²) >= 11 is 0. The lowest BCUT2D eigenvalue weighted by Gasteiger charge is -2.34. The van der Waals surface area contributed by atoms with Gasteiger partial charge in [-0.3, -0.25) is 9.20 Å². The summed E-state index contributed by atoms with van der Waals surface area (Å²) in [7, 11) is 0. The Morgan fingerprint density at radius 1 is 1.17 bits per heavy atom. The monoisotopic (exact) mass is 390 g/mol. The number of anilines is 2. The van der Waals surface area contributed by atoms with Crippen molar-refractivity contribution in [2.45, 2.75) is 6.92 Å². The third kappa shape index (κ3) is 2.97. The van der Waals surface area contributed by atoms with Crippen molar-refractivity contribution >= 4 is 28.8 Å². The first-order valence-corrected chi connectivity index (χ1v) is 9.77. The number of hydrogen-bond donors (Lipinski definition) is 1. The molecule has 0 unspecified atom stereocenters. The number of nitrogens with zero attached hydrogens (tertiary/aromatic N) is 5. The highest BCUT2D eigenvalue weighted by Crippen LogP contribution is 2.31. The summed E-state index contributed by atoms with van der Waals surface area (Å²) in [4.78, 5) is 20.2. The summed E-state index contributed by atoms with van der Waals surface area (Å²) in [5.74, 6) is 1.67. The Morgan fingerprint density at radius 3 is 2.66 bits per heavy atom. The Balaban J connectivity index is 1.54. The number of amides is 1. The predicted molar refractivity (Wildman–Crippen MR) is 111 cm³/mol. The molecule has 8 nitrogen and oxygen atoms in total. The van der Waals surface area contributed by atoms with Crippen LogP contribution in [0.15, 0.2) is 48.8 Å². The van der Waals surface area contributed by atoms with Crippen LogP contribution in [0.4, 0.5) is 11.6 Å². The Kier molecular flexibility index (Phi) is 4.12. The van der Waals surface area contributed by atoms with Gasteiger partial charge in [0.1, 0.15) is 5.82 Å². The van der Waals surface area contributed by atoms with Crippen LogP contribution >= 0.6 is 0 Å². The molecule has 0 spiro atoms. The molecule has 1 fully saturated rings. The number of carbonyl (C=O) groups is 1. The van der Waals surface area contributed by atoms with E-state index in [4.69, 9.17) is 0 Å². The molecule has 0 saturated carbocycles. The van der Waals surface area contributed by atoms with Crippen molar-refractivity contribution in [2.24, 2.45) is 0 Å². The van der Waals surface area contributed by atoms with Crippen molar-refractivity contribution in [3.8, 4) is 0 Å². The molecule has 0 radical (unpaired) electrons. The number of aromatic nitrogens is 3. The number of benzene rings is 1. The first kappa shape index (κ1) is 17.5. The zero-order chi connectivity index (χ0) is 20.0. The van der Waals surface area contributed by atoms with Crippen LogP contribution in [0, 0.1) is 5.21 Å². The molecule has 2 aliphatic rings. The fraction of sp³-hybridized carbons (Fsp3) is 0.286. The maximum absolute atomic E-state index is 12.9. The smallest absolute Gasteiger partial charge is 0.265 e. The van der Waals surface area contributed by atoms with Crippen molar-refractivity contribution in [3.05, 3.63) is 65.3 Å². The van der Waals surface area contributed by atoms with E-state index in [1.807, 2.05) is 51.9 Å². The van der Waals surface area contributed by atoms with Crippen LogP contribution in [-0.2, 0) is 4.79 Å². The highest BCUT2D eigenvalue weighted by molar-refractivity contribution is 5.84. The molecule has 1 N–H and O–H groups in total. The van der Waals surface area contributed by atoms with Gasteiger partial charge in [-0.2, -0.15) is 4.73 Å². The second-order valence-corrected chi connectivity index (χ2v) is 7.34. The molecule has 1 amide bonds. The van der Waals surface area contributed by atoms with E-state index in [1.54, 1.807) is 6.92 Å². The molecular weight excluding hydrogens is 368 g/mol. The van der Waals surface area contributed by atoms with E-state index in [-0.39, 0.29) is 5.91 Å². The molecule has 2 aliphatic heterocycles. The highest BCUT2D eigenvalue weighted by atomic mass is 16.5. The number of carbonyl (C=O) groups excluding carboxylic acids is 1. The number of nitrogens with one attached hydrogen (secondary N) is 1. The van der Waals surface area contributed by atoms with Gasteiger partial charge in [-0.25, -0.2) is 4.98 Å². The third-order valence-electron chi connectivity index (χ3n) is 5.60. The van der Waals surface area contributed by atoms with E-state index in [2.05, 4.69) is 15.2 Å². The molecular formula is C21H22N6O2. The van der Waals surface area contributed by atoms with E-state index < -0.39 is 0 Å². The van der Waals surface area contributed by atoms with Crippen LogP contribution < -0.4 is 14.9 Å². The van der Waals surface area contributed by atoms with E-state index in [0.717, 1.165) is 40.6 Å². The molecule has 0 aliphatic carbocycles. The predicted octanol–water partition coefficient (Wildman–Crippen LogP) is 1.49. The molecule has 1 aromatic carbocycles. The maximum Gasteiger partial charge on any atom is 0.265 e. The topological polar surface area (TPSA) is 79.8 Å². The average Bonchev–Trinajstić information content (AvgIpc) is 3.18. The number of imidazole rings is 1. The van der Waals surface area contributed by atoms with Gasteiger partial charge >= 0.3 is 0 Å². The van der Waals surface area contributed by atoms with Crippen molar-refractivity contribution < 1.29 is 9.52 Å². The van der Waals surface area contributed by atoms with Gasteiger partial charge in [-0.1, -0.05) is 36.4 Å². The number of hydrogen-bond acceptors (Lipinski definition) is 5. The Labute approximate surface area is 168 Å². The summed E-state index contributed by atoms with van der Waals surface area (Å²) in [5.41, 5.74) is 3.13. The fourth-order valence-electron chi connectivity index (χ4n) is 4.08. The zero-order valence-corrected chi connectivity index (χ0v) is 16.2. The summed E-state index contributed by atoms with van der Waals surface area (Å²) in [6.45, 7) is 5.06. The fourth-order valence-corrected chi connectivity index (χ4v) is 4.08. The highest BCUT2D eigenvalue weighted by Gasteiger charge is 2.28. The van der Waals surface area contributed by atoms with Gasteiger partial charge in [-0.15, -0.1) is 0 Å². The second-order valence-electron chi connectivity index (χ2n) is 7.34. The summed E-state index contributed by atoms with van der Waals surface area (Å²) in [6.07, 6.45) is 5.53. The molecule has 0 atom stereocenters.